The second-order valence-corrected chi connectivity index (χ2v) is 11.0. The number of nitrogens with one attached hydrogen (secondary N) is 1. The van der Waals surface area contributed by atoms with Crippen molar-refractivity contribution in [2.24, 2.45) is 4.99 Å². The maximum absolute atomic E-state index is 10.5. The number of aromatic amines is 1. The van der Waals surface area contributed by atoms with Gasteiger partial charge in [0, 0.05) is 12.0 Å². The Morgan fingerprint density at radius 2 is 1.62 bits per heavy atom. The number of fused-ring (bicyclic) bond motifs is 2. The number of aromatic nitrogens is 3. The molecule has 0 radical (unpaired) electrons. The molecule has 0 aliphatic carbocycles. The summed E-state index contributed by atoms with van der Waals surface area (Å²) in [6.45, 7) is 2.56. The Labute approximate surface area is 259 Å². The number of H-pyrrole nitrogens is 1. The number of benzene rings is 2. The first kappa shape index (κ1) is 30.9. The Hall–Kier alpha value is -4.08. The first-order valence-electron chi connectivity index (χ1n) is 14.1. The minimum atomic E-state index is -5.19. The van der Waals surface area contributed by atoms with Crippen LogP contribution in [0.4, 0.5) is 13.2 Å². The summed E-state index contributed by atoms with van der Waals surface area (Å²) in [5.74, 6) is -1.92. The number of carboxylic acid groups (broad SMARTS) is 1. The predicted molar refractivity (Wildman–Crippen MR) is 154 cm³/mol. The van der Waals surface area contributed by atoms with Crippen molar-refractivity contribution in [2.75, 3.05) is 26.3 Å². The molecule has 4 aromatic rings. The van der Waals surface area contributed by atoms with Crippen LogP contribution in [0.15, 0.2) is 59.6 Å². The van der Waals surface area contributed by atoms with E-state index in [-0.39, 0.29) is 24.9 Å². The molecule has 4 N–H and O–H groups in total. The number of carbonyl (C=O) groups excluding carboxylic acids is 1. The van der Waals surface area contributed by atoms with E-state index < -0.39 is 18.2 Å². The number of quaternary nitrogens is 1. The van der Waals surface area contributed by atoms with Crippen molar-refractivity contribution in [2.45, 2.75) is 37.0 Å². The fourth-order valence-corrected chi connectivity index (χ4v) is 5.56. The van der Waals surface area contributed by atoms with Crippen molar-refractivity contribution < 1.29 is 47.7 Å². The predicted octanol–water partition coefficient (Wildman–Crippen LogP) is 1.86. The fourth-order valence-electron chi connectivity index (χ4n) is 5.30. The molecule has 0 amide bonds. The number of aliphatic imine (C=N–C) groups is 1. The third-order valence-electron chi connectivity index (χ3n) is 7.54. The van der Waals surface area contributed by atoms with Crippen LogP contribution in [-0.2, 0) is 14.3 Å². The molecule has 15 heteroatoms. The van der Waals surface area contributed by atoms with Crippen molar-refractivity contribution in [3.63, 3.8) is 0 Å². The van der Waals surface area contributed by atoms with Crippen LogP contribution in [0.3, 0.4) is 0 Å². The third-order valence-corrected chi connectivity index (χ3v) is 7.82. The number of hydrogen-bond donors (Lipinski definition) is 3. The van der Waals surface area contributed by atoms with Gasteiger partial charge in [0.15, 0.2) is 11.8 Å². The Kier molecular flexibility index (Phi) is 8.75. The topological polar surface area (TPSA) is 159 Å². The summed E-state index contributed by atoms with van der Waals surface area (Å²) < 4.78 is 48.8. The first-order valence-corrected chi connectivity index (χ1v) is 14.5. The maximum Gasteiger partial charge on any atom is 0.430 e. The van der Waals surface area contributed by atoms with E-state index in [0.717, 1.165) is 47.6 Å². The molecule has 2 aromatic carbocycles. The van der Waals surface area contributed by atoms with Crippen LogP contribution >= 0.6 is 11.6 Å². The molecule has 45 heavy (non-hydrogen) atoms. The molecular formula is C30H27ClF3N5O6. The highest BCUT2D eigenvalue weighted by Crippen LogP contribution is 2.33. The summed E-state index contributed by atoms with van der Waals surface area (Å²) in [7, 11) is 0. The molecule has 0 spiro atoms. The maximum atomic E-state index is 10.5. The molecule has 4 atom stereocenters. The number of ether oxygens (including phenoxy) is 3. The highest BCUT2D eigenvalue weighted by atomic mass is 35.5. The number of alkyl halides is 3. The van der Waals surface area contributed by atoms with Crippen molar-refractivity contribution in [1.82, 2.24) is 15.0 Å². The number of nitrogens with two attached hydrogens (primary N) is 1. The second kappa shape index (κ2) is 12.7. The van der Waals surface area contributed by atoms with Crippen molar-refractivity contribution in [3.8, 4) is 28.4 Å². The first-order chi connectivity index (χ1) is 21.6. The van der Waals surface area contributed by atoms with Gasteiger partial charge in [0.05, 0.1) is 48.1 Å². The van der Waals surface area contributed by atoms with Gasteiger partial charge in [-0.25, -0.2) is 9.98 Å². The molecule has 0 bridgehead atoms. The third kappa shape index (κ3) is 6.79. The minimum absolute atomic E-state index is 0.244. The molecular weight excluding hydrogens is 619 g/mol. The molecule has 2 fully saturated rings. The second-order valence-electron chi connectivity index (χ2n) is 10.6. The smallest absolute Gasteiger partial charge is 0.430 e. The highest BCUT2D eigenvalue weighted by Gasteiger charge is 2.48. The van der Waals surface area contributed by atoms with Gasteiger partial charge in [-0.2, -0.15) is 18.2 Å². The van der Waals surface area contributed by atoms with E-state index in [0.29, 0.717) is 34.5 Å². The van der Waals surface area contributed by atoms with Gasteiger partial charge < -0.3 is 34.2 Å². The van der Waals surface area contributed by atoms with Gasteiger partial charge in [0.2, 0.25) is 5.84 Å². The van der Waals surface area contributed by atoms with Crippen LogP contribution in [0.2, 0.25) is 5.02 Å². The molecule has 236 valence electrons. The number of nitrogens with zero attached hydrogens (tertiary/aromatic N) is 3. The molecule has 3 aliphatic rings. The molecule has 5 heterocycles. The zero-order valence-corrected chi connectivity index (χ0v) is 24.2. The van der Waals surface area contributed by atoms with E-state index in [1.54, 1.807) is 6.07 Å². The van der Waals surface area contributed by atoms with Crippen molar-refractivity contribution >= 4 is 34.6 Å². The molecule has 3 aliphatic heterocycles. The number of carboxylic acids is 1. The normalized spacial score (nSPS) is 22.8. The van der Waals surface area contributed by atoms with E-state index in [1.165, 1.54) is 0 Å². The number of rotatable bonds is 5. The molecule has 0 unspecified atom stereocenters. The Morgan fingerprint density at radius 3 is 2.24 bits per heavy atom. The van der Waals surface area contributed by atoms with Crippen LogP contribution in [0, 0.1) is 0 Å². The summed E-state index contributed by atoms with van der Waals surface area (Å²) in [6, 6.07) is 18.8. The minimum Gasteiger partial charge on any atom is -0.542 e. The summed E-state index contributed by atoms with van der Waals surface area (Å²) in [5.41, 5.74) is 6.13. The molecule has 7 rings (SSSR count). The molecule has 11 nitrogen and oxygen atoms in total. The highest BCUT2D eigenvalue weighted by molar-refractivity contribution is 6.33. The lowest BCUT2D eigenvalue weighted by Gasteiger charge is -2.15. The van der Waals surface area contributed by atoms with Crippen LogP contribution in [0.5, 0.6) is 6.01 Å². The summed E-state index contributed by atoms with van der Waals surface area (Å²) in [6.07, 6.45) is -5.74. The number of aliphatic carboxylic acids is 1. The lowest BCUT2D eigenvalue weighted by atomic mass is 10.0. The summed E-state index contributed by atoms with van der Waals surface area (Å²) in [5, 5.41) is 21.5. The lowest BCUT2D eigenvalue weighted by Crippen LogP contribution is -2.89. The number of aliphatic hydroxyl groups excluding tert-OH is 1. The number of halogens is 4. The van der Waals surface area contributed by atoms with Gasteiger partial charge in [0.25, 0.3) is 6.01 Å². The van der Waals surface area contributed by atoms with Crippen molar-refractivity contribution in [3.05, 3.63) is 65.2 Å². The van der Waals surface area contributed by atoms with Gasteiger partial charge in [-0.3, -0.25) is 5.32 Å². The summed E-state index contributed by atoms with van der Waals surface area (Å²) >= 11 is 6.62. The van der Waals surface area contributed by atoms with Crippen LogP contribution in [0.1, 0.15) is 12.0 Å². The zero-order chi connectivity index (χ0) is 31.7. The molecule has 0 saturated carbocycles. The number of imidazole rings is 1. The number of pyridine rings is 1. The van der Waals surface area contributed by atoms with Crippen molar-refractivity contribution in [1.29, 1.82) is 0 Å². The van der Waals surface area contributed by atoms with Crippen LogP contribution in [0.25, 0.3) is 33.5 Å². The van der Waals surface area contributed by atoms with E-state index in [4.69, 9.17) is 40.7 Å². The fraction of sp³-hybridized carbons (Fsp3) is 0.333. The molecule has 2 aromatic heterocycles. The quantitative estimate of drug-likeness (QED) is 0.297. The van der Waals surface area contributed by atoms with E-state index in [1.807, 2.05) is 12.1 Å². The average molecular weight is 646 g/mol. The average Bonchev–Trinajstić information content (AvgIpc) is 3.73. The number of hydrogen-bond acceptors (Lipinski definition) is 9. The number of aliphatic hydroxyl groups is 1. The van der Waals surface area contributed by atoms with E-state index in [2.05, 4.69) is 56.7 Å². The van der Waals surface area contributed by atoms with Gasteiger partial charge in [-0.15, -0.1) is 0 Å². The zero-order valence-electron chi connectivity index (χ0n) is 23.5. The molecule has 2 saturated heterocycles. The Morgan fingerprint density at radius 1 is 1.00 bits per heavy atom. The number of carbonyl (C=O) groups is 1. The van der Waals surface area contributed by atoms with E-state index in [9.17, 15) is 18.3 Å². The van der Waals surface area contributed by atoms with Gasteiger partial charge in [0.1, 0.15) is 24.3 Å². The van der Waals surface area contributed by atoms with Crippen LogP contribution in [-0.4, -0.2) is 88.8 Å². The lowest BCUT2D eigenvalue weighted by molar-refractivity contribution is -0.542. The SMILES string of the molecule is O=C([O-])C(F)(F)F.O[C@@H]1CO[C@H]2[C@@H]1OC[C@H]2Oc1nc2nc(-c3ccc(-c4ccc(C5=NCCC[NH2+]5)cc4)cc3)c(Cl)cc2[nH]1. The standard InChI is InChI=1S/C28H26ClN5O4.C2HF3O2/c29-19-12-20-27(34-28(32-20)38-22-14-37-24-21(35)13-36-25(22)24)33-23(19)17-6-2-15(3-7-17)16-4-8-18(9-5-16)26-30-10-1-11-31-26;3-2(4,5)1(6)7/h2-9,12,21-22,24-25,35H,1,10-11,13-14H2,(H,30,31)(H,32,33,34);(H,6,7)/t21-,22-,24-,25-;/m1./s1. The number of amidine groups is 1. The Bertz CT molecular complexity index is 1710. The largest absolute Gasteiger partial charge is 0.542 e. The monoisotopic (exact) mass is 645 g/mol. The Balaban J connectivity index is 0.000000460. The van der Waals surface area contributed by atoms with Gasteiger partial charge >= 0.3 is 6.18 Å². The van der Waals surface area contributed by atoms with E-state index >= 15 is 0 Å². The van der Waals surface area contributed by atoms with Crippen LogP contribution < -0.4 is 15.2 Å². The van der Waals surface area contributed by atoms with Gasteiger partial charge in [-0.1, -0.05) is 48.0 Å². The van der Waals surface area contributed by atoms with Gasteiger partial charge in [-0.05, 0) is 29.3 Å². The summed E-state index contributed by atoms with van der Waals surface area (Å²) in [4.78, 5) is 25.8.